The quantitative estimate of drug-likeness (QED) is 0.603. The predicted octanol–water partition coefficient (Wildman–Crippen LogP) is 1.85. The Morgan fingerprint density at radius 2 is 2.19 bits per heavy atom. The molecule has 1 aromatic carbocycles. The van der Waals surface area contributed by atoms with Crippen LogP contribution in [0.2, 0.25) is 0 Å². The number of unbranched alkanes of at least 4 members (excludes halogenated alkanes) is 1. The standard InChI is InChI=1S/C12H18N2O2/c1-3-4-7-14(2)12(16)10-8-9(15)5-6-11(10)13/h5-6,8,15H,3-4,7,13H2,1-2H3. The molecule has 0 unspecified atom stereocenters. The van der Waals surface area contributed by atoms with Crippen molar-refractivity contribution < 1.29 is 9.90 Å². The van der Waals surface area contributed by atoms with Gasteiger partial charge in [-0.3, -0.25) is 4.79 Å². The molecule has 1 rings (SSSR count). The highest BCUT2D eigenvalue weighted by atomic mass is 16.3. The number of nitrogens with two attached hydrogens (primary N) is 1. The average molecular weight is 222 g/mol. The molecule has 4 nitrogen and oxygen atoms in total. The Hall–Kier alpha value is -1.71. The van der Waals surface area contributed by atoms with E-state index in [0.717, 1.165) is 12.8 Å². The van der Waals surface area contributed by atoms with Crippen molar-refractivity contribution in [3.05, 3.63) is 23.8 Å². The summed E-state index contributed by atoms with van der Waals surface area (Å²) in [6.45, 7) is 2.77. The fraction of sp³-hybridized carbons (Fsp3) is 0.417. The molecule has 0 spiro atoms. The second kappa shape index (κ2) is 5.39. The molecule has 4 heteroatoms. The maximum absolute atomic E-state index is 12.0. The number of rotatable bonds is 4. The van der Waals surface area contributed by atoms with Gasteiger partial charge in [0.15, 0.2) is 0 Å². The number of amides is 1. The van der Waals surface area contributed by atoms with Crippen LogP contribution in [-0.2, 0) is 0 Å². The largest absolute Gasteiger partial charge is 0.508 e. The number of phenols is 1. The molecule has 0 bridgehead atoms. The molecule has 0 aliphatic rings. The second-order valence-corrected chi connectivity index (χ2v) is 3.85. The monoisotopic (exact) mass is 222 g/mol. The first-order valence-electron chi connectivity index (χ1n) is 5.40. The highest BCUT2D eigenvalue weighted by molar-refractivity contribution is 5.99. The van der Waals surface area contributed by atoms with Crippen LogP contribution in [0.5, 0.6) is 5.75 Å². The van der Waals surface area contributed by atoms with E-state index < -0.39 is 0 Å². The van der Waals surface area contributed by atoms with E-state index in [9.17, 15) is 9.90 Å². The zero-order chi connectivity index (χ0) is 12.1. The molecule has 16 heavy (non-hydrogen) atoms. The predicted molar refractivity (Wildman–Crippen MR) is 64.4 cm³/mol. The Morgan fingerprint density at radius 1 is 1.50 bits per heavy atom. The third-order valence-electron chi connectivity index (χ3n) is 2.46. The van der Waals surface area contributed by atoms with E-state index in [1.807, 2.05) is 0 Å². The number of nitrogen functional groups attached to an aromatic ring is 1. The number of carbonyl (C=O) groups is 1. The lowest BCUT2D eigenvalue weighted by Gasteiger charge is -2.17. The molecule has 1 aromatic rings. The third kappa shape index (κ3) is 2.89. The lowest BCUT2D eigenvalue weighted by Crippen LogP contribution is -2.28. The van der Waals surface area contributed by atoms with Gasteiger partial charge < -0.3 is 15.7 Å². The average Bonchev–Trinajstić information content (AvgIpc) is 2.28. The Labute approximate surface area is 95.7 Å². The van der Waals surface area contributed by atoms with Gasteiger partial charge in [-0.1, -0.05) is 13.3 Å². The fourth-order valence-corrected chi connectivity index (χ4v) is 1.43. The van der Waals surface area contributed by atoms with Crippen molar-refractivity contribution in [3.8, 4) is 5.75 Å². The minimum absolute atomic E-state index is 0.0569. The number of hydrogen-bond acceptors (Lipinski definition) is 3. The van der Waals surface area contributed by atoms with Crippen LogP contribution in [-0.4, -0.2) is 29.5 Å². The zero-order valence-electron chi connectivity index (χ0n) is 9.73. The van der Waals surface area contributed by atoms with Crippen molar-refractivity contribution in [3.63, 3.8) is 0 Å². The van der Waals surface area contributed by atoms with E-state index in [4.69, 9.17) is 5.73 Å². The number of hydrogen-bond donors (Lipinski definition) is 2. The van der Waals surface area contributed by atoms with Crippen LogP contribution in [0.1, 0.15) is 30.1 Å². The van der Waals surface area contributed by atoms with E-state index in [2.05, 4.69) is 6.92 Å². The van der Waals surface area contributed by atoms with Crippen molar-refractivity contribution in [2.75, 3.05) is 19.3 Å². The van der Waals surface area contributed by atoms with E-state index in [1.165, 1.54) is 18.2 Å². The molecule has 88 valence electrons. The van der Waals surface area contributed by atoms with Gasteiger partial charge in [0.25, 0.3) is 5.91 Å². The zero-order valence-corrected chi connectivity index (χ0v) is 9.73. The van der Waals surface area contributed by atoms with Crippen molar-refractivity contribution in [2.24, 2.45) is 0 Å². The normalized spacial score (nSPS) is 10.1. The SMILES string of the molecule is CCCCN(C)C(=O)c1cc(O)ccc1N. The molecule has 1 amide bonds. The molecule has 0 aliphatic carbocycles. The number of anilines is 1. The minimum atomic E-state index is -0.151. The van der Waals surface area contributed by atoms with Crippen LogP contribution in [0.15, 0.2) is 18.2 Å². The summed E-state index contributed by atoms with van der Waals surface area (Å²) < 4.78 is 0. The van der Waals surface area contributed by atoms with Gasteiger partial charge in [-0.25, -0.2) is 0 Å². The van der Waals surface area contributed by atoms with E-state index >= 15 is 0 Å². The third-order valence-corrected chi connectivity index (χ3v) is 2.46. The Kier molecular flexibility index (Phi) is 4.17. The molecular formula is C12H18N2O2. The van der Waals surface area contributed by atoms with Crippen molar-refractivity contribution in [1.82, 2.24) is 4.90 Å². The summed E-state index contributed by atoms with van der Waals surface area (Å²) in [5.41, 5.74) is 6.45. The van der Waals surface area contributed by atoms with Gasteiger partial charge in [0, 0.05) is 19.3 Å². The van der Waals surface area contributed by atoms with E-state index in [0.29, 0.717) is 17.8 Å². The molecule has 0 saturated carbocycles. The summed E-state index contributed by atoms with van der Waals surface area (Å²) in [7, 11) is 1.74. The van der Waals surface area contributed by atoms with Crippen LogP contribution in [0.4, 0.5) is 5.69 Å². The van der Waals surface area contributed by atoms with Crippen LogP contribution in [0.3, 0.4) is 0 Å². The molecule has 0 heterocycles. The Bertz CT molecular complexity index is 377. The molecular weight excluding hydrogens is 204 g/mol. The molecule has 0 radical (unpaired) electrons. The van der Waals surface area contributed by atoms with E-state index in [1.54, 1.807) is 11.9 Å². The summed E-state index contributed by atoms with van der Waals surface area (Å²) in [6.07, 6.45) is 1.99. The Morgan fingerprint density at radius 3 is 2.81 bits per heavy atom. The van der Waals surface area contributed by atoms with Crippen molar-refractivity contribution in [1.29, 1.82) is 0 Å². The molecule has 0 fully saturated rings. The number of nitrogens with zero attached hydrogens (tertiary/aromatic N) is 1. The van der Waals surface area contributed by atoms with E-state index in [-0.39, 0.29) is 11.7 Å². The van der Waals surface area contributed by atoms with Crippen molar-refractivity contribution in [2.45, 2.75) is 19.8 Å². The summed E-state index contributed by atoms with van der Waals surface area (Å²) in [4.78, 5) is 13.6. The van der Waals surface area contributed by atoms with Gasteiger partial charge in [0.2, 0.25) is 0 Å². The van der Waals surface area contributed by atoms with Crippen LogP contribution in [0, 0.1) is 0 Å². The highest BCUT2D eigenvalue weighted by Gasteiger charge is 2.14. The van der Waals surface area contributed by atoms with Crippen LogP contribution in [0.25, 0.3) is 0 Å². The first-order valence-corrected chi connectivity index (χ1v) is 5.40. The van der Waals surface area contributed by atoms with Gasteiger partial charge >= 0.3 is 0 Å². The van der Waals surface area contributed by atoms with Crippen LogP contribution < -0.4 is 5.73 Å². The first-order chi connectivity index (χ1) is 7.56. The van der Waals surface area contributed by atoms with Crippen LogP contribution >= 0.6 is 0 Å². The molecule has 0 saturated heterocycles. The lowest BCUT2D eigenvalue weighted by atomic mass is 10.1. The van der Waals surface area contributed by atoms with Gasteiger partial charge in [-0.05, 0) is 24.6 Å². The van der Waals surface area contributed by atoms with Gasteiger partial charge in [-0.15, -0.1) is 0 Å². The van der Waals surface area contributed by atoms with Gasteiger partial charge in [0.05, 0.1) is 5.56 Å². The Balaban J connectivity index is 2.83. The highest BCUT2D eigenvalue weighted by Crippen LogP contribution is 2.19. The smallest absolute Gasteiger partial charge is 0.255 e. The summed E-state index contributed by atoms with van der Waals surface area (Å²) in [6, 6.07) is 4.41. The first kappa shape index (κ1) is 12.4. The summed E-state index contributed by atoms with van der Waals surface area (Å²) >= 11 is 0. The number of aromatic hydroxyl groups is 1. The maximum atomic E-state index is 12.0. The number of carbonyl (C=O) groups excluding carboxylic acids is 1. The van der Waals surface area contributed by atoms with Gasteiger partial charge in [0.1, 0.15) is 5.75 Å². The fourth-order valence-electron chi connectivity index (χ4n) is 1.43. The molecule has 0 aromatic heterocycles. The molecule has 0 atom stereocenters. The molecule has 3 N–H and O–H groups in total. The minimum Gasteiger partial charge on any atom is -0.508 e. The maximum Gasteiger partial charge on any atom is 0.255 e. The van der Waals surface area contributed by atoms with Crippen molar-refractivity contribution >= 4 is 11.6 Å². The molecule has 0 aliphatic heterocycles. The topological polar surface area (TPSA) is 66.6 Å². The summed E-state index contributed by atoms with van der Waals surface area (Å²) in [5, 5.41) is 9.32. The number of benzene rings is 1. The lowest BCUT2D eigenvalue weighted by molar-refractivity contribution is 0.0794. The second-order valence-electron chi connectivity index (χ2n) is 3.85. The number of phenolic OH excluding ortho intramolecular Hbond substituents is 1. The summed E-state index contributed by atoms with van der Waals surface area (Å²) in [5.74, 6) is -0.0942. The van der Waals surface area contributed by atoms with Gasteiger partial charge in [-0.2, -0.15) is 0 Å².